The topological polar surface area (TPSA) is 90.4 Å². The van der Waals surface area contributed by atoms with E-state index in [2.05, 4.69) is 13.0 Å². The van der Waals surface area contributed by atoms with Crippen LogP contribution in [0.1, 0.15) is 58.3 Å². The van der Waals surface area contributed by atoms with Gasteiger partial charge in [-0.15, -0.1) is 0 Å². The average molecular weight is 390 g/mol. The minimum Gasteiger partial charge on any atom is -0.323 e. The van der Waals surface area contributed by atoms with E-state index in [1.54, 1.807) is 11.0 Å². The van der Waals surface area contributed by atoms with Crippen LogP contribution < -0.4 is 5.84 Å². The molecule has 0 spiro atoms. The van der Waals surface area contributed by atoms with Crippen LogP contribution in [-0.2, 0) is 6.42 Å². The molecule has 0 atom stereocenters. The number of piperidine rings is 1. The molecule has 150 valence electrons. The largest absolute Gasteiger partial charge is 0.341 e. The third kappa shape index (κ3) is 4.47. The van der Waals surface area contributed by atoms with Crippen molar-refractivity contribution in [3.63, 3.8) is 0 Å². The number of carbonyl (C=O) groups is 2. The highest BCUT2D eigenvalue weighted by Gasteiger charge is 2.29. The van der Waals surface area contributed by atoms with Gasteiger partial charge in [-0.05, 0) is 67.0 Å². The zero-order valence-corrected chi connectivity index (χ0v) is 16.9. The molecule has 6 heteroatoms. The summed E-state index contributed by atoms with van der Waals surface area (Å²) in [7, 11) is 0. The second-order valence-electron chi connectivity index (χ2n) is 7.46. The zero-order valence-electron chi connectivity index (χ0n) is 16.9. The van der Waals surface area contributed by atoms with Crippen LogP contribution in [0.3, 0.4) is 0 Å². The van der Waals surface area contributed by atoms with E-state index in [1.807, 2.05) is 43.3 Å². The molecule has 2 aromatic rings. The Morgan fingerprint density at radius 1 is 1.17 bits per heavy atom. The number of nitrogens with two attached hydrogens (primary N) is 1. The first-order chi connectivity index (χ1) is 13.9. The van der Waals surface area contributed by atoms with Crippen molar-refractivity contribution in [3.05, 3.63) is 70.3 Å². The highest BCUT2D eigenvalue weighted by molar-refractivity contribution is 6.04. The van der Waals surface area contributed by atoms with Crippen LogP contribution in [0.4, 0.5) is 4.79 Å². The van der Waals surface area contributed by atoms with Gasteiger partial charge in [0.1, 0.15) is 0 Å². The Balaban J connectivity index is 1.62. The van der Waals surface area contributed by atoms with Crippen LogP contribution in [-0.4, -0.2) is 34.9 Å². The number of hydrazine groups is 1. The molecule has 3 rings (SSSR count). The number of aryl methyl sites for hydroxylation is 2. The van der Waals surface area contributed by atoms with Crippen LogP contribution in [0.15, 0.2) is 42.5 Å². The summed E-state index contributed by atoms with van der Waals surface area (Å²) in [5.74, 6) is 5.75. The number of carbonyl (C=O) groups excluding carboxylic acids is 2. The van der Waals surface area contributed by atoms with Gasteiger partial charge in [0, 0.05) is 18.7 Å². The molecule has 1 fully saturated rings. The molecule has 1 aliphatic rings. The number of hydrogen-bond acceptors (Lipinski definition) is 4. The Labute approximate surface area is 171 Å². The van der Waals surface area contributed by atoms with E-state index in [-0.39, 0.29) is 0 Å². The highest BCUT2D eigenvalue weighted by Crippen LogP contribution is 2.28. The van der Waals surface area contributed by atoms with E-state index in [9.17, 15) is 9.59 Å². The van der Waals surface area contributed by atoms with E-state index in [1.165, 1.54) is 5.56 Å². The zero-order chi connectivity index (χ0) is 21.0. The standard InChI is InChI=1S/C23H26N4O2/c1-3-17-6-9-21(16(2)14-17)22(28)27(25)23(29)26-12-10-20(11-13-26)19-7-4-18(15-24)5-8-19/h4-9,14,20H,3,10-13,25H2,1-2H3. The summed E-state index contributed by atoms with van der Waals surface area (Å²) in [6.07, 6.45) is 2.47. The Morgan fingerprint density at radius 3 is 2.38 bits per heavy atom. The normalized spacial score (nSPS) is 14.3. The minimum atomic E-state index is -0.482. The maximum absolute atomic E-state index is 12.7. The predicted molar refractivity (Wildman–Crippen MR) is 111 cm³/mol. The number of amides is 3. The van der Waals surface area contributed by atoms with Gasteiger partial charge in [-0.2, -0.15) is 10.3 Å². The quantitative estimate of drug-likeness (QED) is 0.491. The minimum absolute atomic E-state index is 0.331. The summed E-state index contributed by atoms with van der Waals surface area (Å²) in [6.45, 7) is 4.99. The molecule has 0 unspecified atom stereocenters. The van der Waals surface area contributed by atoms with Gasteiger partial charge >= 0.3 is 6.03 Å². The lowest BCUT2D eigenvalue weighted by Gasteiger charge is -2.34. The second-order valence-corrected chi connectivity index (χ2v) is 7.46. The monoisotopic (exact) mass is 390 g/mol. The molecule has 1 heterocycles. The summed E-state index contributed by atoms with van der Waals surface area (Å²) in [6, 6.07) is 14.8. The molecular weight excluding hydrogens is 364 g/mol. The van der Waals surface area contributed by atoms with Gasteiger partial charge in [0.25, 0.3) is 5.91 Å². The van der Waals surface area contributed by atoms with Gasteiger partial charge < -0.3 is 4.90 Å². The molecule has 0 aliphatic carbocycles. The Morgan fingerprint density at radius 2 is 1.83 bits per heavy atom. The fourth-order valence-corrected chi connectivity index (χ4v) is 3.79. The molecular formula is C23H26N4O2. The van der Waals surface area contributed by atoms with E-state index in [4.69, 9.17) is 11.1 Å². The smallest absolute Gasteiger partial charge is 0.323 e. The maximum atomic E-state index is 12.7. The third-order valence-electron chi connectivity index (χ3n) is 5.63. The summed E-state index contributed by atoms with van der Waals surface area (Å²) in [4.78, 5) is 27.1. The molecule has 3 amide bonds. The first-order valence-electron chi connectivity index (χ1n) is 9.92. The lowest BCUT2D eigenvalue weighted by molar-refractivity contribution is 0.0744. The van der Waals surface area contributed by atoms with Crippen LogP contribution >= 0.6 is 0 Å². The van der Waals surface area contributed by atoms with Crippen molar-refractivity contribution in [1.29, 1.82) is 5.26 Å². The van der Waals surface area contributed by atoms with Crippen molar-refractivity contribution in [2.75, 3.05) is 13.1 Å². The van der Waals surface area contributed by atoms with Crippen LogP contribution in [0.5, 0.6) is 0 Å². The fourth-order valence-electron chi connectivity index (χ4n) is 3.79. The number of benzene rings is 2. The van der Waals surface area contributed by atoms with E-state index in [0.717, 1.165) is 35.4 Å². The molecule has 0 bridgehead atoms. The molecule has 2 N–H and O–H groups in total. The van der Waals surface area contributed by atoms with Gasteiger partial charge in [0.15, 0.2) is 0 Å². The van der Waals surface area contributed by atoms with Crippen LogP contribution in [0, 0.1) is 18.3 Å². The Bertz CT molecular complexity index is 938. The average Bonchev–Trinajstić information content (AvgIpc) is 2.77. The number of nitriles is 1. The molecule has 6 nitrogen and oxygen atoms in total. The van der Waals surface area contributed by atoms with Gasteiger partial charge in [-0.3, -0.25) is 4.79 Å². The van der Waals surface area contributed by atoms with Crippen LogP contribution in [0.25, 0.3) is 0 Å². The van der Waals surface area contributed by atoms with Crippen molar-refractivity contribution in [3.8, 4) is 6.07 Å². The number of likely N-dealkylation sites (tertiary alicyclic amines) is 1. The first-order valence-corrected chi connectivity index (χ1v) is 9.92. The number of urea groups is 1. The number of hydrogen-bond donors (Lipinski definition) is 1. The number of imide groups is 1. The van der Waals surface area contributed by atoms with Crippen LogP contribution in [0.2, 0.25) is 0 Å². The van der Waals surface area contributed by atoms with Crippen molar-refractivity contribution in [2.45, 2.75) is 39.0 Å². The van der Waals surface area contributed by atoms with Crippen molar-refractivity contribution in [2.24, 2.45) is 5.84 Å². The highest BCUT2D eigenvalue weighted by atomic mass is 16.2. The van der Waals surface area contributed by atoms with Gasteiger partial charge in [-0.1, -0.05) is 31.2 Å². The SMILES string of the molecule is CCc1ccc(C(=O)N(N)C(=O)N2CCC(c3ccc(C#N)cc3)CC2)c(C)c1. The summed E-state index contributed by atoms with van der Waals surface area (Å²) in [5.41, 5.74) is 4.21. The van der Waals surface area contributed by atoms with Crippen molar-refractivity contribution < 1.29 is 9.59 Å². The molecule has 0 radical (unpaired) electrons. The molecule has 0 aromatic heterocycles. The van der Waals surface area contributed by atoms with E-state index < -0.39 is 11.9 Å². The lowest BCUT2D eigenvalue weighted by atomic mass is 9.89. The summed E-state index contributed by atoms with van der Waals surface area (Å²) >= 11 is 0. The maximum Gasteiger partial charge on any atom is 0.341 e. The van der Waals surface area contributed by atoms with Gasteiger partial charge in [-0.25, -0.2) is 10.6 Å². The molecule has 2 aromatic carbocycles. The van der Waals surface area contributed by atoms with E-state index in [0.29, 0.717) is 30.1 Å². The Kier molecular flexibility index (Phi) is 6.30. The molecule has 0 saturated carbocycles. The number of rotatable bonds is 3. The second kappa shape index (κ2) is 8.89. The van der Waals surface area contributed by atoms with Gasteiger partial charge in [0.05, 0.1) is 11.6 Å². The van der Waals surface area contributed by atoms with Gasteiger partial charge in [0.2, 0.25) is 0 Å². The molecule has 1 saturated heterocycles. The molecule has 1 aliphatic heterocycles. The number of nitrogens with zero attached hydrogens (tertiary/aromatic N) is 3. The summed E-state index contributed by atoms with van der Waals surface area (Å²) in [5, 5.41) is 9.65. The summed E-state index contributed by atoms with van der Waals surface area (Å²) < 4.78 is 0. The van der Waals surface area contributed by atoms with E-state index >= 15 is 0 Å². The predicted octanol–water partition coefficient (Wildman–Crippen LogP) is 3.74. The van der Waals surface area contributed by atoms with Crippen molar-refractivity contribution in [1.82, 2.24) is 9.91 Å². The molecule has 29 heavy (non-hydrogen) atoms. The Hall–Kier alpha value is -3.17. The third-order valence-corrected chi connectivity index (χ3v) is 5.63. The van der Waals surface area contributed by atoms with Crippen molar-refractivity contribution >= 4 is 11.9 Å². The lowest BCUT2D eigenvalue weighted by Crippen LogP contribution is -2.52. The fraction of sp³-hybridized carbons (Fsp3) is 0.348. The first kappa shape index (κ1) is 20.6.